The number of hydrogen-bond acceptors (Lipinski definition) is 4. The molecule has 1 atom stereocenters. The number of amides is 1. The average molecular weight is 328 g/mol. The van der Waals surface area contributed by atoms with Crippen LogP contribution in [0.5, 0.6) is 0 Å². The molecule has 120 valence electrons. The minimum Gasteiger partial charge on any atom is -0.444 e. The van der Waals surface area contributed by atoms with E-state index in [0.717, 1.165) is 0 Å². The van der Waals surface area contributed by atoms with Crippen molar-refractivity contribution >= 4 is 25.8 Å². The van der Waals surface area contributed by atoms with Crippen molar-refractivity contribution in [3.05, 3.63) is 0 Å². The number of rotatable bonds is 4. The Morgan fingerprint density at radius 3 is 1.95 bits per heavy atom. The van der Waals surface area contributed by atoms with E-state index in [4.69, 9.17) is 15.4 Å². The first-order valence-corrected chi connectivity index (χ1v) is 8.97. The van der Waals surface area contributed by atoms with Gasteiger partial charge >= 0.3 is 6.09 Å². The molecule has 0 fully saturated rings. The van der Waals surface area contributed by atoms with Crippen molar-refractivity contribution in [1.82, 2.24) is 4.90 Å². The van der Waals surface area contributed by atoms with Gasteiger partial charge in [-0.05, 0) is 32.6 Å². The Balaban J connectivity index is 5.06. The van der Waals surface area contributed by atoms with Gasteiger partial charge in [0, 0.05) is 17.7 Å². The fraction of sp³-hybridized carbons (Fsp3) is 0.923. The first-order chi connectivity index (χ1) is 8.61. The van der Waals surface area contributed by atoms with Crippen molar-refractivity contribution in [2.45, 2.75) is 59.6 Å². The maximum Gasteiger partial charge on any atom is 0.410 e. The Labute approximate surface area is 127 Å². The molecule has 0 aliphatic carbocycles. The van der Waals surface area contributed by atoms with Gasteiger partial charge in [-0.1, -0.05) is 20.8 Å². The summed E-state index contributed by atoms with van der Waals surface area (Å²) in [5.41, 5.74) is -0.764. The predicted molar refractivity (Wildman–Crippen MR) is 81.5 cm³/mol. The molecule has 0 aromatic carbocycles. The van der Waals surface area contributed by atoms with Crippen molar-refractivity contribution < 1.29 is 17.9 Å². The van der Waals surface area contributed by atoms with Crippen molar-refractivity contribution in [2.75, 3.05) is 12.8 Å². The van der Waals surface area contributed by atoms with Crippen molar-refractivity contribution in [3.63, 3.8) is 0 Å². The van der Waals surface area contributed by atoms with Crippen LogP contribution >= 0.6 is 10.7 Å². The van der Waals surface area contributed by atoms with Crippen molar-refractivity contribution in [1.29, 1.82) is 0 Å². The quantitative estimate of drug-likeness (QED) is 0.744. The van der Waals surface area contributed by atoms with Crippen LogP contribution in [0.25, 0.3) is 0 Å². The Hall–Kier alpha value is -0.490. The largest absolute Gasteiger partial charge is 0.444 e. The van der Waals surface area contributed by atoms with Gasteiger partial charge < -0.3 is 9.64 Å². The van der Waals surface area contributed by atoms with E-state index < -0.39 is 26.8 Å². The van der Waals surface area contributed by atoms with E-state index in [1.807, 2.05) is 20.8 Å². The topological polar surface area (TPSA) is 63.7 Å². The molecular formula is C13H26ClNO4S. The predicted octanol–water partition coefficient (Wildman–Crippen LogP) is 3.23. The third kappa shape index (κ3) is 9.42. The highest BCUT2D eigenvalue weighted by molar-refractivity contribution is 8.13. The molecule has 5 nitrogen and oxygen atoms in total. The fourth-order valence-electron chi connectivity index (χ4n) is 1.73. The molecule has 0 aromatic heterocycles. The van der Waals surface area contributed by atoms with Gasteiger partial charge in [-0.2, -0.15) is 0 Å². The summed E-state index contributed by atoms with van der Waals surface area (Å²) in [6.07, 6.45) is -0.0404. The zero-order valence-corrected chi connectivity index (χ0v) is 14.9. The number of nitrogens with zero attached hydrogens (tertiary/aromatic N) is 1. The summed E-state index contributed by atoms with van der Waals surface area (Å²) in [5, 5.41) is 0. The standard InChI is InChI=1S/C13H26ClNO4S/c1-12(2,3)8-10(9-20(14,17)18)15(7)11(16)19-13(4,5)6/h10H,8-9H2,1-7H3. The van der Waals surface area contributed by atoms with Gasteiger partial charge in [0.15, 0.2) is 0 Å². The summed E-state index contributed by atoms with van der Waals surface area (Å²) in [7, 11) is 3.17. The van der Waals surface area contributed by atoms with Gasteiger partial charge in [-0.25, -0.2) is 13.2 Å². The highest BCUT2D eigenvalue weighted by Crippen LogP contribution is 2.25. The molecule has 0 N–H and O–H groups in total. The molecular weight excluding hydrogens is 302 g/mol. The van der Waals surface area contributed by atoms with Crippen LogP contribution in [0.15, 0.2) is 0 Å². The molecule has 0 aromatic rings. The van der Waals surface area contributed by atoms with Crippen LogP contribution in [0.2, 0.25) is 0 Å². The molecule has 0 aliphatic rings. The second kappa shape index (κ2) is 6.52. The number of hydrogen-bond donors (Lipinski definition) is 0. The summed E-state index contributed by atoms with van der Waals surface area (Å²) in [5.74, 6) is -0.290. The summed E-state index contributed by atoms with van der Waals surface area (Å²) >= 11 is 0. The van der Waals surface area contributed by atoms with Gasteiger partial charge in [-0.3, -0.25) is 0 Å². The van der Waals surface area contributed by atoms with E-state index in [-0.39, 0.29) is 11.2 Å². The number of carbonyl (C=O) groups is 1. The van der Waals surface area contributed by atoms with E-state index in [1.165, 1.54) is 11.9 Å². The molecule has 0 saturated carbocycles. The first kappa shape index (κ1) is 19.5. The Bertz CT molecular complexity index is 434. The Kier molecular flexibility index (Phi) is 6.36. The molecule has 0 heterocycles. The summed E-state index contributed by atoms with van der Waals surface area (Å²) in [6.45, 7) is 11.2. The lowest BCUT2D eigenvalue weighted by Gasteiger charge is -2.33. The molecule has 0 bridgehead atoms. The van der Waals surface area contributed by atoms with Crippen LogP contribution in [0.1, 0.15) is 48.0 Å². The number of halogens is 1. The van der Waals surface area contributed by atoms with Gasteiger partial charge in [0.05, 0.1) is 11.8 Å². The zero-order chi connectivity index (χ0) is 16.4. The molecule has 0 saturated heterocycles. The lowest BCUT2D eigenvalue weighted by atomic mass is 9.88. The molecule has 0 rings (SSSR count). The second-order valence-electron chi connectivity index (χ2n) is 7.22. The van der Waals surface area contributed by atoms with Crippen LogP contribution < -0.4 is 0 Å². The molecule has 20 heavy (non-hydrogen) atoms. The second-order valence-corrected chi connectivity index (χ2v) is 10.0. The van der Waals surface area contributed by atoms with Gasteiger partial charge in [-0.15, -0.1) is 0 Å². The van der Waals surface area contributed by atoms with E-state index in [2.05, 4.69) is 0 Å². The van der Waals surface area contributed by atoms with E-state index >= 15 is 0 Å². The number of carbonyl (C=O) groups excluding carboxylic acids is 1. The summed E-state index contributed by atoms with van der Waals surface area (Å²) in [6, 6.07) is -0.521. The maximum absolute atomic E-state index is 12.0. The third-order valence-electron chi connectivity index (χ3n) is 2.47. The van der Waals surface area contributed by atoms with Crippen LogP contribution in [-0.4, -0.2) is 43.9 Å². The monoisotopic (exact) mass is 327 g/mol. The number of ether oxygens (including phenoxy) is 1. The summed E-state index contributed by atoms with van der Waals surface area (Å²) in [4.78, 5) is 13.4. The lowest BCUT2D eigenvalue weighted by molar-refractivity contribution is 0.0208. The van der Waals surface area contributed by atoms with Gasteiger partial charge in [0.25, 0.3) is 0 Å². The molecule has 0 aliphatic heterocycles. The molecule has 0 radical (unpaired) electrons. The highest BCUT2D eigenvalue weighted by atomic mass is 35.7. The first-order valence-electron chi connectivity index (χ1n) is 6.49. The van der Waals surface area contributed by atoms with Crippen LogP contribution in [0.3, 0.4) is 0 Å². The van der Waals surface area contributed by atoms with Gasteiger partial charge in [0.2, 0.25) is 9.05 Å². The maximum atomic E-state index is 12.0. The van der Waals surface area contributed by atoms with Crippen LogP contribution in [0, 0.1) is 5.41 Å². The molecule has 1 unspecified atom stereocenters. The third-order valence-corrected chi connectivity index (χ3v) is 3.63. The summed E-state index contributed by atoms with van der Waals surface area (Å²) < 4.78 is 27.9. The van der Waals surface area contributed by atoms with E-state index in [1.54, 1.807) is 20.8 Å². The minimum atomic E-state index is -3.70. The molecule has 7 heteroatoms. The minimum absolute atomic E-state index is 0.136. The molecule has 1 amide bonds. The normalized spacial score (nSPS) is 14.8. The Morgan fingerprint density at radius 2 is 1.65 bits per heavy atom. The van der Waals surface area contributed by atoms with E-state index in [0.29, 0.717) is 6.42 Å². The van der Waals surface area contributed by atoms with Gasteiger partial charge in [0.1, 0.15) is 5.60 Å². The van der Waals surface area contributed by atoms with Crippen molar-refractivity contribution in [2.24, 2.45) is 5.41 Å². The zero-order valence-electron chi connectivity index (χ0n) is 13.4. The average Bonchev–Trinajstić information content (AvgIpc) is 2.07. The van der Waals surface area contributed by atoms with Crippen LogP contribution in [0.4, 0.5) is 4.79 Å². The van der Waals surface area contributed by atoms with Crippen molar-refractivity contribution in [3.8, 4) is 0 Å². The van der Waals surface area contributed by atoms with Crippen LogP contribution in [-0.2, 0) is 13.8 Å². The lowest BCUT2D eigenvalue weighted by Crippen LogP contribution is -2.45. The Morgan fingerprint density at radius 1 is 1.20 bits per heavy atom. The fourth-order valence-corrected chi connectivity index (χ4v) is 2.96. The highest BCUT2D eigenvalue weighted by Gasteiger charge is 2.31. The smallest absolute Gasteiger partial charge is 0.410 e. The SMILES string of the molecule is CN(C(=O)OC(C)(C)C)C(CC(C)(C)C)CS(=O)(=O)Cl. The molecule has 0 spiro atoms. The van der Waals surface area contributed by atoms with E-state index in [9.17, 15) is 13.2 Å².